The van der Waals surface area contributed by atoms with Gasteiger partial charge in [0.25, 0.3) is 0 Å². The summed E-state index contributed by atoms with van der Waals surface area (Å²) in [4.78, 5) is 16.0. The number of rotatable bonds is 6. The average molecular weight is 486 g/mol. The van der Waals surface area contributed by atoms with Crippen LogP contribution in [0.5, 0.6) is 23.0 Å². The molecule has 36 heavy (non-hydrogen) atoms. The van der Waals surface area contributed by atoms with E-state index in [2.05, 4.69) is 4.98 Å². The van der Waals surface area contributed by atoms with Gasteiger partial charge < -0.3 is 18.9 Å². The zero-order valence-corrected chi connectivity index (χ0v) is 19.7. The lowest BCUT2D eigenvalue weighted by atomic mass is 9.98. The predicted molar refractivity (Wildman–Crippen MR) is 131 cm³/mol. The van der Waals surface area contributed by atoms with Crippen LogP contribution in [0.2, 0.25) is 0 Å². The number of hydrogen-bond acceptors (Lipinski definition) is 6. The van der Waals surface area contributed by atoms with E-state index < -0.39 is 6.10 Å². The van der Waals surface area contributed by atoms with Crippen molar-refractivity contribution in [2.24, 2.45) is 0 Å². The molecule has 2 aliphatic rings. The van der Waals surface area contributed by atoms with Gasteiger partial charge in [0.1, 0.15) is 34.9 Å². The van der Waals surface area contributed by atoms with Gasteiger partial charge in [0.15, 0.2) is 0 Å². The number of nitrogens with zero attached hydrogens (tertiary/aromatic N) is 1. The Kier molecular flexibility index (Phi) is 5.68. The first-order valence-electron chi connectivity index (χ1n) is 11.9. The van der Waals surface area contributed by atoms with Gasteiger partial charge in [-0.25, -0.2) is 4.39 Å². The monoisotopic (exact) mass is 485 g/mol. The Morgan fingerprint density at radius 1 is 1.11 bits per heavy atom. The number of methoxy groups -OCH3 is 1. The highest BCUT2D eigenvalue weighted by atomic mass is 19.1. The molecule has 1 aliphatic carbocycles. The first kappa shape index (κ1) is 22.3. The first-order valence-corrected chi connectivity index (χ1v) is 11.9. The SMILES string of the molecule is COC(=O)C[C@@H]1COc2cc(O[C@@H]3CCc4c(Oc5ccc6ncccc6c5)ccc(F)c43)ccc21. The lowest BCUT2D eigenvalue weighted by Gasteiger charge is -2.17. The number of ether oxygens (including phenoxy) is 4. The molecule has 3 aromatic carbocycles. The Balaban J connectivity index is 1.23. The van der Waals surface area contributed by atoms with Crippen LogP contribution >= 0.6 is 0 Å². The molecule has 0 bridgehead atoms. The number of halogens is 1. The Bertz CT molecular complexity index is 1470. The number of aromatic nitrogens is 1. The molecule has 0 unspecified atom stereocenters. The third-order valence-corrected chi connectivity index (χ3v) is 6.83. The van der Waals surface area contributed by atoms with Crippen LogP contribution in [0.4, 0.5) is 4.39 Å². The summed E-state index contributed by atoms with van der Waals surface area (Å²) >= 11 is 0. The van der Waals surface area contributed by atoms with E-state index in [0.29, 0.717) is 48.0 Å². The molecule has 6 rings (SSSR count). The second kappa shape index (κ2) is 9.15. The number of fused-ring (bicyclic) bond motifs is 3. The fraction of sp³-hybridized carbons (Fsp3) is 0.241. The number of hydrogen-bond donors (Lipinski definition) is 0. The molecule has 6 nitrogen and oxygen atoms in total. The topological polar surface area (TPSA) is 66.9 Å². The number of esters is 1. The highest BCUT2D eigenvalue weighted by molar-refractivity contribution is 5.80. The maximum Gasteiger partial charge on any atom is 0.306 e. The van der Waals surface area contributed by atoms with Crippen molar-refractivity contribution >= 4 is 16.9 Å². The van der Waals surface area contributed by atoms with E-state index in [4.69, 9.17) is 18.9 Å². The largest absolute Gasteiger partial charge is 0.492 e. The Morgan fingerprint density at radius 3 is 2.89 bits per heavy atom. The molecule has 0 saturated carbocycles. The van der Waals surface area contributed by atoms with E-state index >= 15 is 0 Å². The zero-order valence-electron chi connectivity index (χ0n) is 19.7. The highest BCUT2D eigenvalue weighted by Gasteiger charge is 2.32. The van der Waals surface area contributed by atoms with Crippen LogP contribution in [0.15, 0.2) is 66.9 Å². The van der Waals surface area contributed by atoms with Gasteiger partial charge in [-0.05, 0) is 55.3 Å². The first-order chi connectivity index (χ1) is 17.6. The summed E-state index contributed by atoms with van der Waals surface area (Å²) in [5.74, 6) is 1.96. The van der Waals surface area contributed by atoms with Gasteiger partial charge in [0.2, 0.25) is 0 Å². The van der Waals surface area contributed by atoms with E-state index in [1.165, 1.54) is 13.2 Å². The molecule has 0 spiro atoms. The molecule has 0 saturated heterocycles. The molecular weight excluding hydrogens is 461 g/mol. The fourth-order valence-corrected chi connectivity index (χ4v) is 5.05. The van der Waals surface area contributed by atoms with Crippen LogP contribution in [0.3, 0.4) is 0 Å². The summed E-state index contributed by atoms with van der Waals surface area (Å²) in [7, 11) is 1.38. The smallest absolute Gasteiger partial charge is 0.306 e. The van der Waals surface area contributed by atoms with Crippen LogP contribution in [0, 0.1) is 5.82 Å². The highest BCUT2D eigenvalue weighted by Crippen LogP contribution is 2.44. The maximum absolute atomic E-state index is 15.0. The van der Waals surface area contributed by atoms with Gasteiger partial charge in [-0.15, -0.1) is 0 Å². The van der Waals surface area contributed by atoms with Crippen LogP contribution in [-0.2, 0) is 16.0 Å². The van der Waals surface area contributed by atoms with E-state index in [0.717, 1.165) is 22.0 Å². The maximum atomic E-state index is 15.0. The molecule has 2 atom stereocenters. The van der Waals surface area contributed by atoms with Gasteiger partial charge in [-0.2, -0.15) is 0 Å². The minimum absolute atomic E-state index is 0.0447. The summed E-state index contributed by atoms with van der Waals surface area (Å²) in [5.41, 5.74) is 3.19. The van der Waals surface area contributed by atoms with Crippen molar-refractivity contribution in [2.75, 3.05) is 13.7 Å². The minimum Gasteiger partial charge on any atom is -0.492 e. The second-order valence-corrected chi connectivity index (χ2v) is 9.03. The van der Waals surface area contributed by atoms with E-state index in [-0.39, 0.29) is 24.1 Å². The van der Waals surface area contributed by atoms with Crippen molar-refractivity contribution in [3.05, 3.63) is 89.4 Å². The van der Waals surface area contributed by atoms with E-state index in [9.17, 15) is 9.18 Å². The van der Waals surface area contributed by atoms with Crippen molar-refractivity contribution in [1.82, 2.24) is 4.98 Å². The summed E-state index contributed by atoms with van der Waals surface area (Å²) in [6.45, 7) is 0.417. The third-order valence-electron chi connectivity index (χ3n) is 6.83. The predicted octanol–water partition coefficient (Wildman–Crippen LogP) is 6.27. The molecule has 182 valence electrons. The van der Waals surface area contributed by atoms with Crippen molar-refractivity contribution in [1.29, 1.82) is 0 Å². The third kappa shape index (κ3) is 4.11. The molecule has 0 radical (unpaired) electrons. The van der Waals surface area contributed by atoms with Crippen molar-refractivity contribution < 1.29 is 28.1 Å². The quantitative estimate of drug-likeness (QED) is 0.300. The van der Waals surface area contributed by atoms with Gasteiger partial charge in [0.05, 0.1) is 25.7 Å². The number of benzene rings is 3. The molecule has 0 N–H and O–H groups in total. The molecule has 1 aromatic heterocycles. The molecule has 1 aliphatic heterocycles. The molecular formula is C29H24FNO5. The van der Waals surface area contributed by atoms with Crippen LogP contribution in [-0.4, -0.2) is 24.7 Å². The lowest BCUT2D eigenvalue weighted by molar-refractivity contribution is -0.141. The Labute approximate surface area is 207 Å². The van der Waals surface area contributed by atoms with Gasteiger partial charge in [-0.3, -0.25) is 9.78 Å². The molecule has 7 heteroatoms. The summed E-state index contributed by atoms with van der Waals surface area (Å²) in [6, 6.07) is 18.2. The lowest BCUT2D eigenvalue weighted by Crippen LogP contribution is -2.09. The van der Waals surface area contributed by atoms with Crippen molar-refractivity contribution in [3.8, 4) is 23.0 Å². The molecule has 0 amide bonds. The van der Waals surface area contributed by atoms with Gasteiger partial charge in [-0.1, -0.05) is 12.1 Å². The van der Waals surface area contributed by atoms with E-state index in [1.807, 2.05) is 48.5 Å². The summed E-state index contributed by atoms with van der Waals surface area (Å²) in [5, 5.41) is 0.975. The molecule has 4 aromatic rings. The summed E-state index contributed by atoms with van der Waals surface area (Å²) in [6.07, 6.45) is 2.86. The second-order valence-electron chi connectivity index (χ2n) is 9.03. The summed E-state index contributed by atoms with van der Waals surface area (Å²) < 4.78 is 38.0. The van der Waals surface area contributed by atoms with E-state index in [1.54, 1.807) is 12.3 Å². The standard InChI is InChI=1S/C29H24FNO5/c1-33-28(32)14-18-16-34-27-15-20(4-6-21(18)27)36-26-10-7-22-25(11-8-23(30)29(22)26)35-19-5-9-24-17(13-19)3-2-12-31-24/h2-6,8-9,11-13,15,18,26H,7,10,14,16H2,1H3/t18-,26-/m1/s1. The van der Waals surface area contributed by atoms with Crippen LogP contribution < -0.4 is 14.2 Å². The average Bonchev–Trinajstić information content (AvgIpc) is 3.50. The minimum atomic E-state index is -0.435. The van der Waals surface area contributed by atoms with Gasteiger partial charge >= 0.3 is 5.97 Å². The zero-order chi connectivity index (χ0) is 24.6. The fourth-order valence-electron chi connectivity index (χ4n) is 5.05. The van der Waals surface area contributed by atoms with Gasteiger partial charge in [0, 0.05) is 40.3 Å². The molecule has 2 heterocycles. The number of carbonyl (C=O) groups is 1. The number of pyridine rings is 1. The van der Waals surface area contributed by atoms with Crippen LogP contribution in [0.1, 0.15) is 41.6 Å². The normalized spacial score (nSPS) is 17.8. The van der Waals surface area contributed by atoms with Crippen molar-refractivity contribution in [3.63, 3.8) is 0 Å². The Hall–Kier alpha value is -4.13. The molecule has 0 fully saturated rings. The number of carbonyl (C=O) groups excluding carboxylic acids is 1. The van der Waals surface area contributed by atoms with Crippen molar-refractivity contribution in [2.45, 2.75) is 31.3 Å². The van der Waals surface area contributed by atoms with Crippen LogP contribution in [0.25, 0.3) is 10.9 Å². The Morgan fingerprint density at radius 2 is 2.00 bits per heavy atom.